The topological polar surface area (TPSA) is 36.7 Å². The Labute approximate surface area is 72.9 Å². The maximum absolute atomic E-state index is 8.64. The van der Waals surface area contributed by atoms with E-state index in [4.69, 9.17) is 5.26 Å². The van der Waals surface area contributed by atoms with Crippen molar-refractivity contribution in [3.05, 3.63) is 29.1 Å². The second-order valence-corrected chi connectivity index (χ2v) is 3.20. The average molecular weight is 160 g/mol. The van der Waals surface area contributed by atoms with Crippen LogP contribution in [0, 0.1) is 18.3 Å². The molecule has 0 aliphatic carbocycles. The van der Waals surface area contributed by atoms with Crippen LogP contribution < -0.4 is 0 Å². The molecule has 0 radical (unpaired) electrons. The van der Waals surface area contributed by atoms with Crippen LogP contribution >= 0.6 is 0 Å². The van der Waals surface area contributed by atoms with E-state index in [2.05, 4.69) is 24.9 Å². The molecule has 0 amide bonds. The Morgan fingerprint density at radius 2 is 2.17 bits per heavy atom. The van der Waals surface area contributed by atoms with Crippen LogP contribution in [0.1, 0.15) is 36.6 Å². The summed E-state index contributed by atoms with van der Waals surface area (Å²) in [7, 11) is 0. The number of nitrogens with zero attached hydrogens (tertiary/aromatic N) is 2. The summed E-state index contributed by atoms with van der Waals surface area (Å²) in [4.78, 5) is 4.06. The Morgan fingerprint density at radius 3 is 2.58 bits per heavy atom. The average Bonchev–Trinajstić information content (AvgIpc) is 2.04. The Bertz CT molecular complexity index is 321. The van der Waals surface area contributed by atoms with Gasteiger partial charge in [-0.3, -0.25) is 0 Å². The predicted molar refractivity (Wildman–Crippen MR) is 47.8 cm³/mol. The van der Waals surface area contributed by atoms with E-state index in [0.29, 0.717) is 11.6 Å². The van der Waals surface area contributed by atoms with E-state index in [0.717, 1.165) is 5.56 Å². The van der Waals surface area contributed by atoms with Gasteiger partial charge in [0.1, 0.15) is 11.8 Å². The van der Waals surface area contributed by atoms with Gasteiger partial charge in [0.15, 0.2) is 0 Å². The van der Waals surface area contributed by atoms with Gasteiger partial charge in [-0.05, 0) is 24.0 Å². The third kappa shape index (κ3) is 1.62. The van der Waals surface area contributed by atoms with Crippen molar-refractivity contribution < 1.29 is 0 Å². The van der Waals surface area contributed by atoms with Gasteiger partial charge in [0.05, 0.1) is 0 Å². The van der Waals surface area contributed by atoms with Crippen LogP contribution in [0.5, 0.6) is 0 Å². The van der Waals surface area contributed by atoms with E-state index < -0.39 is 0 Å². The quantitative estimate of drug-likeness (QED) is 0.632. The van der Waals surface area contributed by atoms with Gasteiger partial charge in [-0.25, -0.2) is 4.98 Å². The molecule has 1 aromatic heterocycles. The highest BCUT2D eigenvalue weighted by Crippen LogP contribution is 2.15. The van der Waals surface area contributed by atoms with Crippen molar-refractivity contribution >= 4 is 0 Å². The Kier molecular flexibility index (Phi) is 2.44. The molecule has 0 spiro atoms. The summed E-state index contributed by atoms with van der Waals surface area (Å²) in [5, 5.41) is 8.64. The number of hydrogen-bond acceptors (Lipinski definition) is 2. The number of aromatic nitrogens is 1. The zero-order valence-corrected chi connectivity index (χ0v) is 7.63. The van der Waals surface area contributed by atoms with Gasteiger partial charge < -0.3 is 0 Å². The second-order valence-electron chi connectivity index (χ2n) is 3.20. The zero-order valence-electron chi connectivity index (χ0n) is 7.63. The lowest BCUT2D eigenvalue weighted by Gasteiger charge is -2.05. The van der Waals surface area contributed by atoms with E-state index in [-0.39, 0.29) is 0 Å². The van der Waals surface area contributed by atoms with Crippen LogP contribution in [0.2, 0.25) is 0 Å². The molecule has 1 rings (SSSR count). The molecule has 62 valence electrons. The van der Waals surface area contributed by atoms with Crippen LogP contribution in [-0.4, -0.2) is 4.98 Å². The summed E-state index contributed by atoms with van der Waals surface area (Å²) >= 11 is 0. The van der Waals surface area contributed by atoms with Gasteiger partial charge in [0.2, 0.25) is 0 Å². The minimum Gasteiger partial charge on any atom is -0.245 e. The molecule has 12 heavy (non-hydrogen) atoms. The smallest absolute Gasteiger partial charge is 0.143 e. The molecule has 1 heterocycles. The van der Waals surface area contributed by atoms with Crippen molar-refractivity contribution in [2.75, 3.05) is 0 Å². The van der Waals surface area contributed by atoms with Gasteiger partial charge in [-0.2, -0.15) is 5.26 Å². The molecule has 0 fully saturated rings. The van der Waals surface area contributed by atoms with E-state index in [9.17, 15) is 0 Å². The highest BCUT2D eigenvalue weighted by Gasteiger charge is 2.02. The van der Waals surface area contributed by atoms with Gasteiger partial charge in [-0.1, -0.05) is 19.9 Å². The summed E-state index contributed by atoms with van der Waals surface area (Å²) in [5.74, 6) is 0.476. The van der Waals surface area contributed by atoms with E-state index in [1.54, 1.807) is 6.20 Å². The maximum Gasteiger partial charge on any atom is 0.143 e. The molecule has 1 aromatic rings. The summed E-state index contributed by atoms with van der Waals surface area (Å²) in [6.07, 6.45) is 1.77. The monoisotopic (exact) mass is 160 g/mol. The molecule has 0 saturated carbocycles. The molecule has 0 unspecified atom stereocenters. The summed E-state index contributed by atoms with van der Waals surface area (Å²) < 4.78 is 0. The lowest BCUT2D eigenvalue weighted by atomic mass is 10.0. The molecule has 0 aliphatic rings. The fourth-order valence-corrected chi connectivity index (χ4v) is 1.03. The molecule has 0 aliphatic heterocycles. The number of aryl methyl sites for hydroxylation is 1. The number of hydrogen-bond donors (Lipinski definition) is 0. The maximum atomic E-state index is 8.64. The summed E-state index contributed by atoms with van der Waals surface area (Å²) in [5.41, 5.74) is 2.68. The largest absolute Gasteiger partial charge is 0.245 e. The summed E-state index contributed by atoms with van der Waals surface area (Å²) in [6, 6.07) is 4.07. The summed E-state index contributed by atoms with van der Waals surface area (Å²) in [6.45, 7) is 6.14. The highest BCUT2D eigenvalue weighted by atomic mass is 14.7. The van der Waals surface area contributed by atoms with Gasteiger partial charge in [0, 0.05) is 6.20 Å². The van der Waals surface area contributed by atoms with Crippen molar-refractivity contribution in [2.45, 2.75) is 26.7 Å². The first-order chi connectivity index (χ1) is 5.65. The van der Waals surface area contributed by atoms with E-state index in [1.165, 1.54) is 5.56 Å². The third-order valence-electron chi connectivity index (χ3n) is 1.87. The minimum atomic E-state index is 0.476. The Hall–Kier alpha value is -1.36. The number of pyridine rings is 1. The lowest BCUT2D eigenvalue weighted by Crippen LogP contribution is -1.93. The Morgan fingerprint density at radius 1 is 1.50 bits per heavy atom. The minimum absolute atomic E-state index is 0.476. The van der Waals surface area contributed by atoms with E-state index >= 15 is 0 Å². The molecule has 0 aromatic carbocycles. The molecule has 0 bridgehead atoms. The van der Waals surface area contributed by atoms with Crippen LogP contribution in [0.3, 0.4) is 0 Å². The van der Waals surface area contributed by atoms with Gasteiger partial charge >= 0.3 is 0 Å². The third-order valence-corrected chi connectivity index (χ3v) is 1.87. The number of nitriles is 1. The molecule has 0 saturated heterocycles. The van der Waals surface area contributed by atoms with Gasteiger partial charge in [0.25, 0.3) is 0 Å². The fraction of sp³-hybridized carbons (Fsp3) is 0.400. The second kappa shape index (κ2) is 3.36. The molecule has 0 atom stereocenters. The van der Waals surface area contributed by atoms with E-state index in [1.807, 2.05) is 13.0 Å². The first-order valence-corrected chi connectivity index (χ1v) is 4.01. The van der Waals surface area contributed by atoms with Crippen molar-refractivity contribution in [1.82, 2.24) is 4.98 Å². The fourth-order valence-electron chi connectivity index (χ4n) is 1.03. The first-order valence-electron chi connectivity index (χ1n) is 4.01. The van der Waals surface area contributed by atoms with Crippen molar-refractivity contribution in [3.63, 3.8) is 0 Å². The Balaban J connectivity index is 3.12. The molecular formula is C10H12N2. The SMILES string of the molecule is Cc1cc(C(C)C)cnc1C#N. The first kappa shape index (κ1) is 8.73. The standard InChI is InChI=1S/C10H12N2/c1-7(2)9-4-8(3)10(5-11)12-6-9/h4,6-7H,1-3H3. The van der Waals surface area contributed by atoms with Crippen molar-refractivity contribution in [3.8, 4) is 6.07 Å². The lowest BCUT2D eigenvalue weighted by molar-refractivity contribution is 0.854. The van der Waals surface area contributed by atoms with Crippen molar-refractivity contribution in [2.24, 2.45) is 0 Å². The normalized spacial score (nSPS) is 9.92. The van der Waals surface area contributed by atoms with Crippen LogP contribution in [0.15, 0.2) is 12.3 Å². The molecule has 0 N–H and O–H groups in total. The van der Waals surface area contributed by atoms with Crippen LogP contribution in [0.25, 0.3) is 0 Å². The van der Waals surface area contributed by atoms with Crippen LogP contribution in [0.4, 0.5) is 0 Å². The highest BCUT2D eigenvalue weighted by molar-refractivity contribution is 5.33. The zero-order chi connectivity index (χ0) is 9.14. The van der Waals surface area contributed by atoms with Crippen molar-refractivity contribution in [1.29, 1.82) is 5.26 Å². The molecular weight excluding hydrogens is 148 g/mol. The van der Waals surface area contributed by atoms with Crippen LogP contribution in [-0.2, 0) is 0 Å². The molecule has 2 nitrogen and oxygen atoms in total. The predicted octanol–water partition coefficient (Wildman–Crippen LogP) is 2.39. The molecule has 2 heteroatoms. The van der Waals surface area contributed by atoms with Gasteiger partial charge in [-0.15, -0.1) is 0 Å². The number of rotatable bonds is 1.